The summed E-state index contributed by atoms with van der Waals surface area (Å²) in [4.78, 5) is 4.14. The van der Waals surface area contributed by atoms with Gasteiger partial charge in [-0.05, 0) is 38.0 Å². The van der Waals surface area contributed by atoms with E-state index in [4.69, 9.17) is 10.3 Å². The first-order valence-corrected chi connectivity index (χ1v) is 7.94. The third kappa shape index (κ3) is 3.40. The van der Waals surface area contributed by atoms with Crippen molar-refractivity contribution >= 4 is 15.7 Å². The molecule has 1 aromatic carbocycles. The van der Waals surface area contributed by atoms with Gasteiger partial charge in [0.05, 0.1) is 5.69 Å². The van der Waals surface area contributed by atoms with E-state index in [1.54, 1.807) is 26.0 Å². The molecule has 0 amide bonds. The van der Waals surface area contributed by atoms with Crippen molar-refractivity contribution in [3.05, 3.63) is 35.0 Å². The van der Waals surface area contributed by atoms with E-state index in [1.165, 1.54) is 0 Å². The van der Waals surface area contributed by atoms with E-state index in [0.717, 1.165) is 5.56 Å². The molecule has 3 N–H and O–H groups in total. The van der Waals surface area contributed by atoms with Crippen LogP contribution in [0.2, 0.25) is 0 Å². The Kier molecular flexibility index (Phi) is 4.29. The summed E-state index contributed by atoms with van der Waals surface area (Å²) in [5.41, 5.74) is 7.56. The number of hydrogen-bond donors (Lipinski definition) is 2. The van der Waals surface area contributed by atoms with Crippen LogP contribution in [-0.2, 0) is 16.4 Å². The zero-order chi connectivity index (χ0) is 15.6. The maximum absolute atomic E-state index is 12.4. The van der Waals surface area contributed by atoms with Crippen molar-refractivity contribution in [1.29, 1.82) is 0 Å². The van der Waals surface area contributed by atoms with Crippen LogP contribution in [0.3, 0.4) is 0 Å². The zero-order valence-electron chi connectivity index (χ0n) is 12.2. The summed E-state index contributed by atoms with van der Waals surface area (Å²) in [6, 6.07) is 3.39. The minimum atomic E-state index is -3.67. The molecule has 2 rings (SSSR count). The summed E-state index contributed by atoms with van der Waals surface area (Å²) in [5, 5.41) is 3.65. The van der Waals surface area contributed by atoms with Gasteiger partial charge in [0, 0.05) is 13.0 Å². The predicted molar refractivity (Wildman–Crippen MR) is 78.3 cm³/mol. The molecule has 0 spiro atoms. The average molecular weight is 310 g/mol. The molecule has 0 saturated heterocycles. The standard InChI is InChI=1S/C13H18N4O3S/c1-8-4-5-11(14)13(9(8)2)21(18,19)15-7-6-12-16-10(3)17-20-12/h4-5,15H,6-7,14H2,1-3H3. The number of aryl methyl sites for hydroxylation is 2. The average Bonchev–Trinajstić information content (AvgIpc) is 2.80. The van der Waals surface area contributed by atoms with Gasteiger partial charge in [-0.1, -0.05) is 11.2 Å². The zero-order valence-corrected chi connectivity index (χ0v) is 13.0. The van der Waals surface area contributed by atoms with Crippen molar-refractivity contribution in [3.63, 3.8) is 0 Å². The summed E-state index contributed by atoms with van der Waals surface area (Å²) in [7, 11) is -3.67. The molecule has 0 unspecified atom stereocenters. The molecule has 0 atom stereocenters. The fourth-order valence-electron chi connectivity index (χ4n) is 1.97. The molecule has 1 aromatic heterocycles. The van der Waals surface area contributed by atoms with E-state index in [-0.39, 0.29) is 17.1 Å². The van der Waals surface area contributed by atoms with Gasteiger partial charge < -0.3 is 10.3 Å². The largest absolute Gasteiger partial charge is 0.398 e. The van der Waals surface area contributed by atoms with Crippen molar-refractivity contribution in [2.45, 2.75) is 32.1 Å². The van der Waals surface area contributed by atoms with E-state index in [2.05, 4.69) is 14.9 Å². The van der Waals surface area contributed by atoms with Crippen LogP contribution in [0.4, 0.5) is 5.69 Å². The van der Waals surface area contributed by atoms with Crippen LogP contribution in [0, 0.1) is 20.8 Å². The lowest BCUT2D eigenvalue weighted by Crippen LogP contribution is -2.27. The molecule has 0 radical (unpaired) electrons. The number of sulfonamides is 1. The highest BCUT2D eigenvalue weighted by Crippen LogP contribution is 2.24. The maximum Gasteiger partial charge on any atom is 0.242 e. The number of nitrogens with one attached hydrogen (secondary N) is 1. The molecule has 0 aliphatic rings. The number of nitrogen functional groups attached to an aromatic ring is 1. The van der Waals surface area contributed by atoms with E-state index in [9.17, 15) is 8.42 Å². The second-order valence-electron chi connectivity index (χ2n) is 4.81. The lowest BCUT2D eigenvalue weighted by atomic mass is 10.1. The minimum absolute atomic E-state index is 0.129. The van der Waals surface area contributed by atoms with Gasteiger partial charge in [0.15, 0.2) is 5.82 Å². The highest BCUT2D eigenvalue weighted by Gasteiger charge is 2.21. The maximum atomic E-state index is 12.4. The molecule has 0 fully saturated rings. The fraction of sp³-hybridized carbons (Fsp3) is 0.385. The predicted octanol–water partition coefficient (Wildman–Crippen LogP) is 1.10. The first-order valence-electron chi connectivity index (χ1n) is 6.46. The number of rotatable bonds is 5. The van der Waals surface area contributed by atoms with Gasteiger partial charge in [-0.3, -0.25) is 0 Å². The highest BCUT2D eigenvalue weighted by molar-refractivity contribution is 7.89. The van der Waals surface area contributed by atoms with Crippen LogP contribution in [0.15, 0.2) is 21.6 Å². The Bertz CT molecular complexity index is 753. The van der Waals surface area contributed by atoms with E-state index in [1.807, 2.05) is 6.92 Å². The molecular weight excluding hydrogens is 292 g/mol. The molecule has 0 aliphatic heterocycles. The van der Waals surface area contributed by atoms with Crippen molar-refractivity contribution in [2.24, 2.45) is 0 Å². The van der Waals surface area contributed by atoms with E-state index >= 15 is 0 Å². The summed E-state index contributed by atoms with van der Waals surface area (Å²) in [6.45, 7) is 5.45. The number of nitrogens with two attached hydrogens (primary N) is 1. The van der Waals surface area contributed by atoms with Gasteiger partial charge in [0.1, 0.15) is 4.90 Å². The number of benzene rings is 1. The number of anilines is 1. The Morgan fingerprint density at radius 2 is 2.00 bits per heavy atom. The third-order valence-corrected chi connectivity index (χ3v) is 4.84. The molecule has 8 heteroatoms. The molecule has 21 heavy (non-hydrogen) atoms. The van der Waals surface area contributed by atoms with Crippen molar-refractivity contribution < 1.29 is 12.9 Å². The molecule has 0 bridgehead atoms. The minimum Gasteiger partial charge on any atom is -0.398 e. The van der Waals surface area contributed by atoms with Gasteiger partial charge in [-0.2, -0.15) is 4.98 Å². The monoisotopic (exact) mass is 310 g/mol. The lowest BCUT2D eigenvalue weighted by molar-refractivity contribution is 0.375. The fourth-order valence-corrected chi connectivity index (χ4v) is 3.43. The molecule has 2 aromatic rings. The molecular formula is C13H18N4O3S. The Hall–Kier alpha value is -1.93. The highest BCUT2D eigenvalue weighted by atomic mass is 32.2. The summed E-state index contributed by atoms with van der Waals surface area (Å²) >= 11 is 0. The molecule has 114 valence electrons. The SMILES string of the molecule is Cc1noc(CCNS(=O)(=O)c2c(N)ccc(C)c2C)n1. The first-order chi connectivity index (χ1) is 9.81. The lowest BCUT2D eigenvalue weighted by Gasteiger charge is -2.13. The molecule has 0 aliphatic carbocycles. The molecule has 1 heterocycles. The van der Waals surface area contributed by atoms with Crippen LogP contribution in [0.25, 0.3) is 0 Å². The van der Waals surface area contributed by atoms with Gasteiger partial charge >= 0.3 is 0 Å². The van der Waals surface area contributed by atoms with Crippen LogP contribution in [0.1, 0.15) is 22.8 Å². The Morgan fingerprint density at radius 1 is 1.29 bits per heavy atom. The van der Waals surface area contributed by atoms with E-state index < -0.39 is 10.0 Å². The van der Waals surface area contributed by atoms with E-state index in [0.29, 0.717) is 23.7 Å². The van der Waals surface area contributed by atoms with Gasteiger partial charge in [0.25, 0.3) is 0 Å². The Morgan fingerprint density at radius 3 is 2.62 bits per heavy atom. The van der Waals surface area contributed by atoms with Crippen LogP contribution >= 0.6 is 0 Å². The normalized spacial score (nSPS) is 11.8. The van der Waals surface area contributed by atoms with Crippen LogP contribution in [0.5, 0.6) is 0 Å². The second kappa shape index (κ2) is 5.82. The topological polar surface area (TPSA) is 111 Å². The molecule has 0 saturated carbocycles. The summed E-state index contributed by atoms with van der Waals surface area (Å²) in [5.74, 6) is 0.913. The van der Waals surface area contributed by atoms with Gasteiger partial charge in [-0.25, -0.2) is 13.1 Å². The van der Waals surface area contributed by atoms with Crippen molar-refractivity contribution in [1.82, 2.24) is 14.9 Å². The smallest absolute Gasteiger partial charge is 0.242 e. The summed E-state index contributed by atoms with van der Waals surface area (Å²) in [6.07, 6.45) is 0.324. The number of aromatic nitrogens is 2. The van der Waals surface area contributed by atoms with Crippen molar-refractivity contribution in [2.75, 3.05) is 12.3 Å². The van der Waals surface area contributed by atoms with Crippen molar-refractivity contribution in [3.8, 4) is 0 Å². The summed E-state index contributed by atoms with van der Waals surface area (Å²) < 4.78 is 32.2. The molecule has 7 nitrogen and oxygen atoms in total. The quantitative estimate of drug-likeness (QED) is 0.800. The van der Waals surface area contributed by atoms with Crippen LogP contribution in [-0.4, -0.2) is 25.1 Å². The second-order valence-corrected chi connectivity index (χ2v) is 6.51. The van der Waals surface area contributed by atoms with Gasteiger partial charge in [-0.15, -0.1) is 0 Å². The Labute approximate surface area is 123 Å². The number of hydrogen-bond acceptors (Lipinski definition) is 6. The van der Waals surface area contributed by atoms with Gasteiger partial charge in [0.2, 0.25) is 15.9 Å². The van der Waals surface area contributed by atoms with Crippen LogP contribution < -0.4 is 10.5 Å². The Balaban J connectivity index is 2.14. The third-order valence-electron chi connectivity index (χ3n) is 3.18. The number of nitrogens with zero attached hydrogens (tertiary/aromatic N) is 2. The first kappa shape index (κ1) is 15.5.